The summed E-state index contributed by atoms with van der Waals surface area (Å²) >= 11 is 6.13. The Hall–Kier alpha value is -2.01. The minimum atomic E-state index is -1.40. The van der Waals surface area contributed by atoms with Crippen molar-refractivity contribution >= 4 is 23.5 Å². The van der Waals surface area contributed by atoms with Crippen LogP contribution in [-0.2, 0) is 19.1 Å². The third kappa shape index (κ3) is 2.68. The first-order chi connectivity index (χ1) is 10.5. The van der Waals surface area contributed by atoms with Gasteiger partial charge in [-0.05, 0) is 24.1 Å². The molecule has 1 aliphatic rings. The van der Waals surface area contributed by atoms with Gasteiger partial charge in [-0.2, -0.15) is 0 Å². The minimum Gasteiger partial charge on any atom is -0.495 e. The van der Waals surface area contributed by atoms with Gasteiger partial charge in [-0.15, -0.1) is 0 Å². The van der Waals surface area contributed by atoms with Gasteiger partial charge in [0.25, 0.3) is 0 Å². The second kappa shape index (κ2) is 6.40. The van der Waals surface area contributed by atoms with E-state index < -0.39 is 17.4 Å². The largest absolute Gasteiger partial charge is 0.495 e. The van der Waals surface area contributed by atoms with Crippen LogP contribution in [-0.4, -0.2) is 33.3 Å². The molecule has 0 saturated heterocycles. The van der Waals surface area contributed by atoms with Gasteiger partial charge in [-0.3, -0.25) is 9.59 Å². The number of rotatable bonds is 4. The molecule has 6 heteroatoms. The summed E-state index contributed by atoms with van der Waals surface area (Å²) < 4.78 is 14.7. The van der Waals surface area contributed by atoms with E-state index in [-0.39, 0.29) is 12.3 Å². The number of ether oxygens (including phenoxy) is 3. The van der Waals surface area contributed by atoms with Crippen molar-refractivity contribution in [2.45, 2.75) is 12.3 Å². The van der Waals surface area contributed by atoms with Crippen LogP contribution in [0.15, 0.2) is 30.4 Å². The van der Waals surface area contributed by atoms with E-state index in [1.807, 2.05) is 6.07 Å². The Labute approximate surface area is 133 Å². The lowest BCUT2D eigenvalue weighted by molar-refractivity contribution is -0.165. The average molecular weight is 325 g/mol. The number of halogens is 1. The lowest BCUT2D eigenvalue weighted by Crippen LogP contribution is -2.38. The molecule has 0 bridgehead atoms. The van der Waals surface area contributed by atoms with Crippen LogP contribution >= 0.6 is 11.6 Å². The Morgan fingerprint density at radius 2 is 1.82 bits per heavy atom. The van der Waals surface area contributed by atoms with Crippen molar-refractivity contribution in [3.05, 3.63) is 40.9 Å². The van der Waals surface area contributed by atoms with Crippen molar-refractivity contribution in [1.29, 1.82) is 0 Å². The van der Waals surface area contributed by atoms with Crippen LogP contribution in [0, 0.1) is 5.41 Å². The third-order valence-corrected chi connectivity index (χ3v) is 4.15. The van der Waals surface area contributed by atoms with Gasteiger partial charge in [-0.1, -0.05) is 29.8 Å². The summed E-state index contributed by atoms with van der Waals surface area (Å²) in [5.41, 5.74) is -0.516. The fraction of sp³-hybridized carbons (Fsp3) is 0.375. The Kier molecular flexibility index (Phi) is 4.76. The molecule has 1 atom stereocenters. The number of hydrogen-bond donors (Lipinski definition) is 0. The highest BCUT2D eigenvalue weighted by Gasteiger charge is 2.50. The zero-order chi connectivity index (χ0) is 16.3. The van der Waals surface area contributed by atoms with Crippen LogP contribution in [0.3, 0.4) is 0 Å². The molecule has 0 saturated carbocycles. The standard InChI is InChI=1S/C16H17ClO5/c1-20-13-5-4-10(8-12(13)17)11-6-7-16(9-11,14(18)21-2)15(19)22-3/h4-8,11H,9H2,1-3H3. The Morgan fingerprint density at radius 1 is 1.18 bits per heavy atom. The molecular weight excluding hydrogens is 308 g/mol. The van der Waals surface area contributed by atoms with Crippen LogP contribution in [0.1, 0.15) is 17.9 Å². The highest BCUT2D eigenvalue weighted by molar-refractivity contribution is 6.32. The maximum atomic E-state index is 12.1. The van der Waals surface area contributed by atoms with Gasteiger partial charge >= 0.3 is 11.9 Å². The van der Waals surface area contributed by atoms with Gasteiger partial charge in [0.2, 0.25) is 0 Å². The minimum absolute atomic E-state index is 0.137. The van der Waals surface area contributed by atoms with Crippen molar-refractivity contribution in [2.75, 3.05) is 21.3 Å². The molecule has 0 aliphatic heterocycles. The number of carbonyl (C=O) groups is 2. The summed E-state index contributed by atoms with van der Waals surface area (Å²) in [4.78, 5) is 24.1. The Bertz CT molecular complexity index is 607. The number of esters is 2. The lowest BCUT2D eigenvalue weighted by Gasteiger charge is -2.23. The second-order valence-electron chi connectivity index (χ2n) is 5.02. The molecule has 1 aliphatic carbocycles. The third-order valence-electron chi connectivity index (χ3n) is 3.86. The first-order valence-corrected chi connectivity index (χ1v) is 7.06. The van der Waals surface area contributed by atoms with E-state index in [0.717, 1.165) is 5.56 Å². The molecule has 1 aromatic carbocycles. The van der Waals surface area contributed by atoms with Crippen molar-refractivity contribution in [3.8, 4) is 5.75 Å². The van der Waals surface area contributed by atoms with Crippen LogP contribution in [0.5, 0.6) is 5.75 Å². The topological polar surface area (TPSA) is 61.8 Å². The molecule has 0 fully saturated rings. The molecular formula is C16H17ClO5. The molecule has 0 heterocycles. The highest BCUT2D eigenvalue weighted by Crippen LogP contribution is 2.43. The van der Waals surface area contributed by atoms with Crippen LogP contribution in [0.2, 0.25) is 5.02 Å². The second-order valence-corrected chi connectivity index (χ2v) is 5.43. The maximum Gasteiger partial charge on any atom is 0.327 e. The molecule has 0 N–H and O–H groups in total. The van der Waals surface area contributed by atoms with Crippen molar-refractivity contribution < 1.29 is 23.8 Å². The lowest BCUT2D eigenvalue weighted by atomic mass is 9.83. The Balaban J connectivity index is 2.31. The van der Waals surface area contributed by atoms with E-state index in [2.05, 4.69) is 0 Å². The molecule has 5 nitrogen and oxygen atoms in total. The number of benzene rings is 1. The van der Waals surface area contributed by atoms with E-state index in [1.54, 1.807) is 24.3 Å². The van der Waals surface area contributed by atoms with Gasteiger partial charge in [0.15, 0.2) is 5.41 Å². The summed E-state index contributed by atoms with van der Waals surface area (Å²) in [5.74, 6) is -0.823. The fourth-order valence-electron chi connectivity index (χ4n) is 2.66. The number of methoxy groups -OCH3 is 3. The maximum absolute atomic E-state index is 12.1. The van der Waals surface area contributed by atoms with E-state index in [4.69, 9.17) is 25.8 Å². The quantitative estimate of drug-likeness (QED) is 0.484. The van der Waals surface area contributed by atoms with Gasteiger partial charge in [0, 0.05) is 5.92 Å². The first-order valence-electron chi connectivity index (χ1n) is 6.68. The number of hydrogen-bond acceptors (Lipinski definition) is 5. The molecule has 0 aromatic heterocycles. The van der Waals surface area contributed by atoms with Crippen LogP contribution < -0.4 is 4.74 Å². The van der Waals surface area contributed by atoms with Crippen LogP contribution in [0.25, 0.3) is 0 Å². The summed E-state index contributed by atoms with van der Waals surface area (Å²) in [6.07, 6.45) is 3.59. The van der Waals surface area contributed by atoms with Gasteiger partial charge in [-0.25, -0.2) is 0 Å². The molecule has 1 aromatic rings. The SMILES string of the molecule is COC(=O)C1(C(=O)OC)C=CC(c2ccc(OC)c(Cl)c2)C1. The van der Waals surface area contributed by atoms with E-state index in [0.29, 0.717) is 10.8 Å². The van der Waals surface area contributed by atoms with Gasteiger partial charge in [0.1, 0.15) is 5.75 Å². The molecule has 0 amide bonds. The van der Waals surface area contributed by atoms with Gasteiger partial charge in [0.05, 0.1) is 26.4 Å². The summed E-state index contributed by atoms with van der Waals surface area (Å²) in [5, 5.41) is 0.474. The predicted molar refractivity (Wildman–Crippen MR) is 81.0 cm³/mol. The molecule has 0 radical (unpaired) electrons. The predicted octanol–water partition coefficient (Wildman–Crippen LogP) is 2.72. The molecule has 2 rings (SSSR count). The van der Waals surface area contributed by atoms with Crippen molar-refractivity contribution in [3.63, 3.8) is 0 Å². The number of carbonyl (C=O) groups excluding carboxylic acids is 2. The number of allylic oxidation sites excluding steroid dienone is 1. The zero-order valence-corrected chi connectivity index (χ0v) is 13.3. The smallest absolute Gasteiger partial charge is 0.327 e. The van der Waals surface area contributed by atoms with Gasteiger partial charge < -0.3 is 14.2 Å². The van der Waals surface area contributed by atoms with E-state index in [9.17, 15) is 9.59 Å². The molecule has 118 valence electrons. The van der Waals surface area contributed by atoms with E-state index >= 15 is 0 Å². The zero-order valence-electron chi connectivity index (χ0n) is 12.6. The van der Waals surface area contributed by atoms with Crippen LogP contribution in [0.4, 0.5) is 0 Å². The molecule has 0 spiro atoms. The van der Waals surface area contributed by atoms with Crippen molar-refractivity contribution in [1.82, 2.24) is 0 Å². The van der Waals surface area contributed by atoms with E-state index in [1.165, 1.54) is 21.3 Å². The molecule has 1 unspecified atom stereocenters. The monoisotopic (exact) mass is 324 g/mol. The Morgan fingerprint density at radius 3 is 2.32 bits per heavy atom. The highest BCUT2D eigenvalue weighted by atomic mass is 35.5. The average Bonchev–Trinajstić information content (AvgIpc) is 2.99. The summed E-state index contributed by atoms with van der Waals surface area (Å²) in [7, 11) is 4.03. The van der Waals surface area contributed by atoms with Crippen molar-refractivity contribution in [2.24, 2.45) is 5.41 Å². The summed E-state index contributed by atoms with van der Waals surface area (Å²) in [6, 6.07) is 5.37. The summed E-state index contributed by atoms with van der Waals surface area (Å²) in [6.45, 7) is 0. The normalized spacial score (nSPS) is 18.8. The fourth-order valence-corrected chi connectivity index (χ4v) is 2.92. The molecule has 22 heavy (non-hydrogen) atoms. The first kappa shape index (κ1) is 16.4.